The zero-order valence-electron chi connectivity index (χ0n) is 7.30. The summed E-state index contributed by atoms with van der Waals surface area (Å²) >= 11 is 0. The summed E-state index contributed by atoms with van der Waals surface area (Å²) < 4.78 is 8.94. The molecule has 1 aromatic rings. The Morgan fingerprint density at radius 1 is 1.43 bits per heavy atom. The second-order valence-electron chi connectivity index (χ2n) is 2.28. The van der Waals surface area contributed by atoms with Gasteiger partial charge < -0.3 is 9.47 Å². The monoisotopic (exact) mass is 194 g/mol. The van der Waals surface area contributed by atoms with Gasteiger partial charge in [0.25, 0.3) is 0 Å². The predicted molar refractivity (Wildman–Crippen MR) is 46.2 cm³/mol. The topological polar surface area (TPSA) is 65.5 Å². The molecular weight excluding hydrogens is 186 g/mol. The quantitative estimate of drug-likeness (QED) is 0.499. The van der Waals surface area contributed by atoms with Crippen LogP contribution in [0.4, 0.5) is 0 Å². The minimum atomic E-state index is -0.542. The Labute approximate surface area is 80.7 Å². The molecule has 14 heavy (non-hydrogen) atoms. The van der Waals surface area contributed by atoms with Gasteiger partial charge in [0.1, 0.15) is 18.9 Å². The number of ether oxygens (including phenoxy) is 2. The van der Waals surface area contributed by atoms with Gasteiger partial charge in [-0.2, -0.15) is 0 Å². The first-order valence-electron chi connectivity index (χ1n) is 3.91. The van der Waals surface area contributed by atoms with Gasteiger partial charge in [0.15, 0.2) is 0 Å². The van der Waals surface area contributed by atoms with Crippen molar-refractivity contribution in [2.45, 2.75) is 0 Å². The highest BCUT2D eigenvalue weighted by atomic mass is 16.6. The summed E-state index contributed by atoms with van der Waals surface area (Å²) in [5.74, 6) is -0.542. The first-order chi connectivity index (χ1) is 6.84. The molecule has 0 fully saturated rings. The van der Waals surface area contributed by atoms with E-state index in [4.69, 9.17) is 4.74 Å². The number of rotatable bonds is 5. The molecule has 5 nitrogen and oxygen atoms in total. The molecular formula is C9H8NO4. The van der Waals surface area contributed by atoms with Gasteiger partial charge in [-0.3, -0.25) is 0 Å². The van der Waals surface area contributed by atoms with Crippen LogP contribution >= 0.6 is 0 Å². The van der Waals surface area contributed by atoms with Gasteiger partial charge in [-0.15, -0.1) is 0 Å². The van der Waals surface area contributed by atoms with Crippen LogP contribution in [0.3, 0.4) is 0 Å². The highest BCUT2D eigenvalue weighted by Gasteiger charge is 2.06. The van der Waals surface area contributed by atoms with Crippen molar-refractivity contribution in [1.82, 2.24) is 4.98 Å². The van der Waals surface area contributed by atoms with E-state index in [1.165, 1.54) is 18.7 Å². The number of hydrogen-bond donors (Lipinski definition) is 0. The highest BCUT2D eigenvalue weighted by Crippen LogP contribution is 1.95. The molecule has 1 radical (unpaired) electrons. The molecule has 0 aromatic carbocycles. The number of pyridine rings is 1. The summed E-state index contributed by atoms with van der Waals surface area (Å²) in [5, 5.41) is 0. The number of aromatic nitrogens is 1. The second-order valence-corrected chi connectivity index (χ2v) is 2.28. The van der Waals surface area contributed by atoms with E-state index in [0.29, 0.717) is 0 Å². The lowest BCUT2D eigenvalue weighted by atomic mass is 10.4. The third-order valence-corrected chi connectivity index (χ3v) is 1.35. The molecule has 1 aromatic heterocycles. The van der Waals surface area contributed by atoms with Crippen LogP contribution in [0, 0.1) is 0 Å². The molecule has 0 saturated heterocycles. The Kier molecular flexibility index (Phi) is 4.13. The van der Waals surface area contributed by atoms with E-state index in [-0.39, 0.29) is 18.9 Å². The zero-order valence-corrected chi connectivity index (χ0v) is 7.30. The molecule has 5 heteroatoms. The maximum Gasteiger partial charge on any atom is 0.417 e. The van der Waals surface area contributed by atoms with E-state index >= 15 is 0 Å². The Morgan fingerprint density at radius 3 is 2.93 bits per heavy atom. The number of carbonyl (C=O) groups excluding carboxylic acids is 2. The van der Waals surface area contributed by atoms with Crippen molar-refractivity contribution in [2.24, 2.45) is 0 Å². The molecule has 0 N–H and O–H groups in total. The largest absolute Gasteiger partial charge is 0.457 e. The number of carbonyl (C=O) groups is 1. The van der Waals surface area contributed by atoms with Crippen molar-refractivity contribution in [3.63, 3.8) is 0 Å². The molecule has 0 saturated carbocycles. The average molecular weight is 194 g/mol. The van der Waals surface area contributed by atoms with Crippen LogP contribution in [0.2, 0.25) is 0 Å². The molecule has 0 aliphatic carbocycles. The maximum absolute atomic E-state index is 11.2. The minimum Gasteiger partial charge on any atom is -0.457 e. The van der Waals surface area contributed by atoms with Gasteiger partial charge >= 0.3 is 12.4 Å². The fraction of sp³-hybridized carbons (Fsp3) is 0.222. The first kappa shape index (κ1) is 10.2. The molecule has 0 atom stereocenters. The summed E-state index contributed by atoms with van der Waals surface area (Å²) in [6, 6.07) is 4.91. The van der Waals surface area contributed by atoms with Crippen molar-refractivity contribution >= 4 is 12.4 Å². The van der Waals surface area contributed by atoms with Crippen molar-refractivity contribution in [2.75, 3.05) is 13.2 Å². The number of hydrogen-bond acceptors (Lipinski definition) is 5. The molecule has 1 rings (SSSR count). The average Bonchev–Trinajstić information content (AvgIpc) is 2.25. The summed E-state index contributed by atoms with van der Waals surface area (Å²) in [7, 11) is 0. The Morgan fingerprint density at radius 2 is 2.29 bits per heavy atom. The van der Waals surface area contributed by atoms with Crippen molar-refractivity contribution in [3.8, 4) is 0 Å². The normalized spacial score (nSPS) is 9.14. The molecule has 0 amide bonds. The van der Waals surface area contributed by atoms with E-state index in [9.17, 15) is 9.59 Å². The molecule has 0 spiro atoms. The van der Waals surface area contributed by atoms with Crippen molar-refractivity contribution < 1.29 is 19.1 Å². The summed E-state index contributed by atoms with van der Waals surface area (Å²) in [4.78, 5) is 24.6. The molecule has 0 aliphatic rings. The van der Waals surface area contributed by atoms with E-state index < -0.39 is 5.97 Å². The lowest BCUT2D eigenvalue weighted by Gasteiger charge is -2.01. The van der Waals surface area contributed by atoms with E-state index in [0.717, 1.165) is 0 Å². The first-order valence-corrected chi connectivity index (χ1v) is 3.91. The molecule has 0 aliphatic heterocycles. The highest BCUT2D eigenvalue weighted by molar-refractivity contribution is 5.87. The van der Waals surface area contributed by atoms with Gasteiger partial charge in [0, 0.05) is 6.20 Å². The number of esters is 1. The third-order valence-electron chi connectivity index (χ3n) is 1.35. The third kappa shape index (κ3) is 3.22. The SMILES string of the molecule is O=[C]OCCOC(=O)c1ccccn1. The lowest BCUT2D eigenvalue weighted by molar-refractivity contribution is 0.0433. The van der Waals surface area contributed by atoms with Crippen LogP contribution in [0.25, 0.3) is 0 Å². The summed E-state index contributed by atoms with van der Waals surface area (Å²) in [5.41, 5.74) is 0.225. The second kappa shape index (κ2) is 5.69. The van der Waals surface area contributed by atoms with Crippen LogP contribution in [-0.2, 0) is 14.3 Å². The van der Waals surface area contributed by atoms with E-state index in [2.05, 4.69) is 9.72 Å². The van der Waals surface area contributed by atoms with E-state index in [1.807, 2.05) is 0 Å². The Balaban J connectivity index is 2.32. The summed E-state index contributed by atoms with van der Waals surface area (Å²) in [6.07, 6.45) is 1.49. The zero-order chi connectivity index (χ0) is 10.2. The van der Waals surface area contributed by atoms with Crippen LogP contribution < -0.4 is 0 Å². The molecule has 1 heterocycles. The van der Waals surface area contributed by atoms with Gasteiger partial charge in [-0.05, 0) is 12.1 Å². The summed E-state index contributed by atoms with van der Waals surface area (Å²) in [6.45, 7) is 1.23. The Bertz CT molecular complexity index is 299. The van der Waals surface area contributed by atoms with Crippen LogP contribution in [-0.4, -0.2) is 30.6 Å². The van der Waals surface area contributed by atoms with Gasteiger partial charge in [-0.25, -0.2) is 14.6 Å². The van der Waals surface area contributed by atoms with Gasteiger partial charge in [0.05, 0.1) is 0 Å². The van der Waals surface area contributed by atoms with Crippen molar-refractivity contribution in [1.29, 1.82) is 0 Å². The minimum absolute atomic E-state index is 0.00206. The van der Waals surface area contributed by atoms with Crippen molar-refractivity contribution in [3.05, 3.63) is 30.1 Å². The molecule has 73 valence electrons. The molecule has 0 bridgehead atoms. The smallest absolute Gasteiger partial charge is 0.417 e. The maximum atomic E-state index is 11.2. The fourth-order valence-corrected chi connectivity index (χ4v) is 0.775. The van der Waals surface area contributed by atoms with Gasteiger partial charge in [0.2, 0.25) is 0 Å². The van der Waals surface area contributed by atoms with Crippen LogP contribution in [0.1, 0.15) is 10.5 Å². The van der Waals surface area contributed by atoms with E-state index in [1.54, 1.807) is 12.1 Å². The Hall–Kier alpha value is -1.91. The fourth-order valence-electron chi connectivity index (χ4n) is 0.775. The van der Waals surface area contributed by atoms with Crippen LogP contribution in [0.15, 0.2) is 24.4 Å². The van der Waals surface area contributed by atoms with Crippen LogP contribution in [0.5, 0.6) is 0 Å². The standard InChI is InChI=1S/C9H8NO4/c11-7-13-5-6-14-9(12)8-3-1-2-4-10-8/h1-4H,5-6H2. The van der Waals surface area contributed by atoms with Gasteiger partial charge in [-0.1, -0.05) is 6.07 Å². The molecule has 0 unspecified atom stereocenters. The lowest BCUT2D eigenvalue weighted by Crippen LogP contribution is -2.11. The number of nitrogens with zero attached hydrogens (tertiary/aromatic N) is 1. The predicted octanol–water partition coefficient (Wildman–Crippen LogP) is 0.322.